The Balaban J connectivity index is 1.17. The second-order valence-electron chi connectivity index (χ2n) is 9.70. The first-order valence-electron chi connectivity index (χ1n) is 13.4. The maximum absolute atomic E-state index is 13.6. The third-order valence-corrected chi connectivity index (χ3v) is 7.18. The van der Waals surface area contributed by atoms with Gasteiger partial charge in [-0.25, -0.2) is 9.97 Å². The lowest BCUT2D eigenvalue weighted by Gasteiger charge is -2.41. The SMILES string of the molecule is O=C(NCCc1ccc2c(c1)OCO2)C1CN(c2cc(Cl)nc(-n3ccnc3)n2)CCN1C(=O)COc1ccccc1. The Morgan fingerprint density at radius 1 is 1.05 bits per heavy atom. The molecule has 0 aliphatic carbocycles. The van der Waals surface area contributed by atoms with E-state index in [1.807, 2.05) is 41.3 Å². The number of nitrogens with one attached hydrogen (secondary N) is 1. The number of ether oxygens (including phenoxy) is 3. The van der Waals surface area contributed by atoms with Gasteiger partial charge >= 0.3 is 0 Å². The Bertz CT molecular complexity index is 1550. The first-order valence-corrected chi connectivity index (χ1v) is 13.8. The van der Waals surface area contributed by atoms with Gasteiger partial charge in [-0.15, -0.1) is 0 Å². The summed E-state index contributed by atoms with van der Waals surface area (Å²) >= 11 is 6.34. The number of carbonyl (C=O) groups excluding carboxylic acids is 2. The third kappa shape index (κ3) is 6.23. The van der Waals surface area contributed by atoms with Crippen LogP contribution in [0, 0.1) is 0 Å². The van der Waals surface area contributed by atoms with Gasteiger partial charge in [-0.3, -0.25) is 14.2 Å². The van der Waals surface area contributed by atoms with E-state index in [2.05, 4.69) is 20.3 Å². The van der Waals surface area contributed by atoms with Crippen LogP contribution in [-0.2, 0) is 16.0 Å². The molecule has 42 heavy (non-hydrogen) atoms. The molecule has 1 atom stereocenters. The van der Waals surface area contributed by atoms with Crippen molar-refractivity contribution < 1.29 is 23.8 Å². The molecule has 1 saturated heterocycles. The highest BCUT2D eigenvalue weighted by atomic mass is 35.5. The molecule has 1 N–H and O–H groups in total. The Morgan fingerprint density at radius 2 is 1.90 bits per heavy atom. The second kappa shape index (κ2) is 12.4. The molecular weight excluding hydrogens is 562 g/mol. The fourth-order valence-electron chi connectivity index (χ4n) is 4.85. The van der Waals surface area contributed by atoms with Crippen molar-refractivity contribution in [3.8, 4) is 23.2 Å². The highest BCUT2D eigenvalue weighted by Crippen LogP contribution is 2.32. The number of nitrogens with zero attached hydrogens (tertiary/aromatic N) is 6. The van der Waals surface area contributed by atoms with Crippen LogP contribution in [0.5, 0.6) is 17.2 Å². The zero-order valence-corrected chi connectivity index (χ0v) is 23.3. The lowest BCUT2D eigenvalue weighted by Crippen LogP contribution is -2.61. The van der Waals surface area contributed by atoms with Crippen molar-refractivity contribution in [2.75, 3.05) is 44.5 Å². The predicted molar refractivity (Wildman–Crippen MR) is 153 cm³/mol. The summed E-state index contributed by atoms with van der Waals surface area (Å²) in [5.74, 6) is 2.32. The molecule has 216 valence electrons. The van der Waals surface area contributed by atoms with Gasteiger partial charge in [0.1, 0.15) is 29.1 Å². The molecular formula is C29H28ClN7O5. The number of piperazine rings is 1. The Labute approximate surface area is 246 Å². The van der Waals surface area contributed by atoms with Crippen LogP contribution in [0.3, 0.4) is 0 Å². The number of halogens is 1. The molecule has 1 fully saturated rings. The predicted octanol–water partition coefficient (Wildman–Crippen LogP) is 2.50. The van der Waals surface area contributed by atoms with Crippen molar-refractivity contribution in [3.63, 3.8) is 0 Å². The highest BCUT2D eigenvalue weighted by Gasteiger charge is 2.36. The van der Waals surface area contributed by atoms with Crippen LogP contribution in [0.1, 0.15) is 5.56 Å². The Morgan fingerprint density at radius 3 is 2.74 bits per heavy atom. The lowest BCUT2D eigenvalue weighted by atomic mass is 10.1. The van der Waals surface area contributed by atoms with Gasteiger partial charge in [-0.1, -0.05) is 35.9 Å². The molecule has 2 aromatic heterocycles. The standard InChI is InChI=1S/C29H28ClN7O5/c30-25-15-26(34-29(33-25)36-11-10-31-18-36)35-12-13-37(27(38)17-40-21-4-2-1-3-5-21)22(16-35)28(39)32-9-8-20-6-7-23-24(14-20)42-19-41-23/h1-7,10-11,14-15,18,22H,8-9,12-13,16-17,19H2,(H,32,39). The fraction of sp³-hybridized carbons (Fsp3) is 0.276. The number of carbonyl (C=O) groups is 2. The largest absolute Gasteiger partial charge is 0.484 e. The molecule has 2 aliphatic heterocycles. The van der Waals surface area contributed by atoms with Crippen molar-refractivity contribution >= 4 is 29.2 Å². The van der Waals surface area contributed by atoms with Crippen LogP contribution >= 0.6 is 11.6 Å². The van der Waals surface area contributed by atoms with Crippen molar-refractivity contribution in [2.24, 2.45) is 0 Å². The minimum absolute atomic E-state index is 0.185. The molecule has 0 bridgehead atoms. The summed E-state index contributed by atoms with van der Waals surface area (Å²) in [4.78, 5) is 43.4. The Kier molecular flexibility index (Phi) is 8.04. The van der Waals surface area contributed by atoms with Crippen LogP contribution in [0.25, 0.3) is 5.95 Å². The molecule has 0 spiro atoms. The minimum Gasteiger partial charge on any atom is -0.484 e. The van der Waals surface area contributed by atoms with Crippen molar-refractivity contribution in [3.05, 3.63) is 84.0 Å². The average molecular weight is 590 g/mol. The molecule has 0 radical (unpaired) electrons. The summed E-state index contributed by atoms with van der Waals surface area (Å²) in [7, 11) is 0. The number of anilines is 1. The zero-order chi connectivity index (χ0) is 28.9. The molecule has 0 saturated carbocycles. The Hall–Kier alpha value is -4.84. The maximum Gasteiger partial charge on any atom is 0.261 e. The molecule has 12 nitrogen and oxygen atoms in total. The van der Waals surface area contributed by atoms with E-state index in [1.54, 1.807) is 46.4 Å². The molecule has 2 aromatic carbocycles. The van der Waals surface area contributed by atoms with E-state index < -0.39 is 6.04 Å². The van der Waals surface area contributed by atoms with Crippen LogP contribution in [-0.4, -0.2) is 81.9 Å². The topological polar surface area (TPSA) is 124 Å². The average Bonchev–Trinajstić information content (AvgIpc) is 3.72. The summed E-state index contributed by atoms with van der Waals surface area (Å²) in [6.07, 6.45) is 5.50. The quantitative estimate of drug-likeness (QED) is 0.293. The van der Waals surface area contributed by atoms with E-state index in [0.29, 0.717) is 55.1 Å². The van der Waals surface area contributed by atoms with Gasteiger partial charge in [0.25, 0.3) is 5.91 Å². The highest BCUT2D eigenvalue weighted by molar-refractivity contribution is 6.29. The van der Waals surface area contributed by atoms with Crippen LogP contribution < -0.4 is 24.4 Å². The van der Waals surface area contributed by atoms with E-state index in [0.717, 1.165) is 5.56 Å². The van der Waals surface area contributed by atoms with Crippen LogP contribution in [0.15, 0.2) is 73.3 Å². The first-order chi connectivity index (χ1) is 20.5. The molecule has 2 aliphatic rings. The van der Waals surface area contributed by atoms with E-state index in [1.165, 1.54) is 0 Å². The van der Waals surface area contributed by atoms with E-state index in [9.17, 15) is 9.59 Å². The van der Waals surface area contributed by atoms with Crippen molar-refractivity contribution in [2.45, 2.75) is 12.5 Å². The number of benzene rings is 2. The summed E-state index contributed by atoms with van der Waals surface area (Å²) in [6.45, 7) is 1.33. The number of fused-ring (bicyclic) bond motifs is 1. The number of rotatable bonds is 9. The van der Waals surface area contributed by atoms with E-state index in [4.69, 9.17) is 25.8 Å². The van der Waals surface area contributed by atoms with Gasteiger partial charge < -0.3 is 29.3 Å². The number of para-hydroxylation sites is 1. The van der Waals surface area contributed by atoms with E-state index in [-0.39, 0.29) is 36.9 Å². The van der Waals surface area contributed by atoms with Gasteiger partial charge in [-0.2, -0.15) is 4.98 Å². The first kappa shape index (κ1) is 27.3. The van der Waals surface area contributed by atoms with Crippen LogP contribution in [0.2, 0.25) is 5.15 Å². The molecule has 13 heteroatoms. The summed E-state index contributed by atoms with van der Waals surface area (Å²) in [5.41, 5.74) is 0.997. The number of imidazole rings is 1. The number of hydrogen-bond acceptors (Lipinski definition) is 9. The molecule has 1 unspecified atom stereocenters. The maximum atomic E-state index is 13.6. The van der Waals surface area contributed by atoms with E-state index >= 15 is 0 Å². The molecule has 4 heterocycles. The monoisotopic (exact) mass is 589 g/mol. The number of aromatic nitrogens is 4. The lowest BCUT2D eigenvalue weighted by molar-refractivity contribution is -0.142. The fourth-order valence-corrected chi connectivity index (χ4v) is 5.03. The van der Waals surface area contributed by atoms with Crippen molar-refractivity contribution in [1.29, 1.82) is 0 Å². The number of amides is 2. The van der Waals surface area contributed by atoms with Gasteiger partial charge in [-0.05, 0) is 36.2 Å². The second-order valence-corrected chi connectivity index (χ2v) is 10.1. The van der Waals surface area contributed by atoms with Gasteiger partial charge in [0.2, 0.25) is 18.6 Å². The summed E-state index contributed by atoms with van der Waals surface area (Å²) in [5, 5.41) is 3.25. The molecule has 4 aromatic rings. The molecule has 2 amide bonds. The molecule has 6 rings (SSSR count). The van der Waals surface area contributed by atoms with Gasteiger partial charge in [0, 0.05) is 44.6 Å². The normalized spacial score (nSPS) is 15.9. The smallest absolute Gasteiger partial charge is 0.261 e. The third-order valence-electron chi connectivity index (χ3n) is 6.99. The van der Waals surface area contributed by atoms with Gasteiger partial charge in [0.05, 0.1) is 0 Å². The van der Waals surface area contributed by atoms with Crippen molar-refractivity contribution in [1.82, 2.24) is 29.7 Å². The minimum atomic E-state index is -0.784. The summed E-state index contributed by atoms with van der Waals surface area (Å²) < 4.78 is 18.2. The van der Waals surface area contributed by atoms with Crippen LogP contribution in [0.4, 0.5) is 5.82 Å². The summed E-state index contributed by atoms with van der Waals surface area (Å²) in [6, 6.07) is 15.7. The zero-order valence-electron chi connectivity index (χ0n) is 22.6. The number of hydrogen-bond donors (Lipinski definition) is 1. The van der Waals surface area contributed by atoms with Gasteiger partial charge in [0.15, 0.2) is 18.1 Å².